The molecule has 6 aromatic carbocycles. The number of aromatic nitrogens is 3. The molecule has 0 spiro atoms. The van der Waals surface area contributed by atoms with E-state index in [4.69, 9.17) is 107 Å². The number of ether oxygens (including phenoxy) is 5. The number of carboxylic acids is 1. The molecule has 2 N–H and O–H groups in total. The summed E-state index contributed by atoms with van der Waals surface area (Å²) in [6.07, 6.45) is 10.5. The maximum atomic E-state index is 13.5. The molecule has 28 heteroatoms. The van der Waals surface area contributed by atoms with E-state index < -0.39 is 17.2 Å². The van der Waals surface area contributed by atoms with Crippen LogP contribution in [0.15, 0.2) is 127 Å². The number of carbonyl (C=O) groups excluding carboxylic acids is 5. The maximum absolute atomic E-state index is 13.5. The van der Waals surface area contributed by atoms with Gasteiger partial charge in [-0.1, -0.05) is 119 Å². The number of piperidine rings is 3. The van der Waals surface area contributed by atoms with Crippen LogP contribution in [0.5, 0.6) is 0 Å². The van der Waals surface area contributed by atoms with Crippen molar-refractivity contribution in [2.24, 2.45) is 17.8 Å². The molecule has 6 heterocycles. The molecule has 3 aromatic heterocycles. The number of esters is 2. The molecule has 6 saturated carbocycles. The van der Waals surface area contributed by atoms with Gasteiger partial charge in [0.15, 0.2) is 0 Å². The molecule has 0 radical (unpaired) electrons. The number of rotatable bonds is 20. The highest BCUT2D eigenvalue weighted by Gasteiger charge is 2.54. The summed E-state index contributed by atoms with van der Waals surface area (Å²) in [6.45, 7) is 17.5. The van der Waals surface area contributed by atoms with Gasteiger partial charge in [-0.25, -0.2) is 14.4 Å². The number of carbonyl (C=O) groups is 6. The second kappa shape index (κ2) is 34.2. The Morgan fingerprint density at radius 2 is 0.812 bits per heavy atom. The Bertz CT molecular complexity index is 5310. The fraction of sp³-hybridized carbons (Fsp3) is 0.427. The second-order valence-corrected chi connectivity index (χ2v) is 37.1. The van der Waals surface area contributed by atoms with E-state index in [9.17, 15) is 33.9 Å². The minimum Gasteiger partial charge on any atom is -0.478 e. The van der Waals surface area contributed by atoms with Crippen molar-refractivity contribution >= 4 is 133 Å². The molecular weight excluding hydrogens is 1690 g/mol. The normalized spacial score (nSPS) is 22.2. The third-order valence-electron chi connectivity index (χ3n) is 22.8. The van der Waals surface area contributed by atoms with Crippen LogP contribution in [0.25, 0.3) is 33.8 Å². The Kier molecular flexibility index (Phi) is 24.5. The quantitative estimate of drug-likeness (QED) is 0.0672. The third kappa shape index (κ3) is 18.2. The summed E-state index contributed by atoms with van der Waals surface area (Å²) in [7, 11) is 0. The first-order chi connectivity index (χ1) is 55.8. The molecule has 21 nitrogen and oxygen atoms in total. The third-order valence-corrected chi connectivity index (χ3v) is 25.2. The molecule has 9 aromatic rings. The van der Waals surface area contributed by atoms with E-state index in [0.717, 1.165) is 125 Å². The fourth-order valence-corrected chi connectivity index (χ4v) is 19.0. The number of benzene rings is 6. The number of halogens is 7. The number of aryl methyl sites for hydroxylation is 3. The number of nitrogens with one attached hydrogen (secondary N) is 1. The van der Waals surface area contributed by atoms with E-state index in [0.29, 0.717) is 118 Å². The standard InChI is InChI=1S/C31H32Cl2N2O5.C27H24Cl2N2O5.C19H18Cl2N2O3.C12H15BrO2/c1-16-12-18(10-11-20(16)30(37)39-31(2,3)4)35-19-13-21(29(35)36)25(14-19)38-15-22-27(34-40-28(22)17-8-9-17)26-23(32)6-5-7-24(26)33;1-13-9-15(7-8-17(13)27(33)34)31-16-10-18(26(31)32)22(11-16)35-12-19-24(30-36-25(19)14-5-6-14)23-20(28)3-2-4-21(23)29;20-13-2-1-3-14(21)16(13)17-12(18(26-23-17)9-4-5-9)8-25-15-7-10-6-11(15)19(24)22-10;1-8-7-9(13)5-6-10(8)11(14)15-12(2,3)4/h5-7,10-12,17,19,21,25H,8-9,13-15H2,1-4H3;2-4,7-9,14,16,18,22H,5-6,10-12H2,1H3,(H,33,34);1-3,9-11,15H,4-8H2,(H,22,24);5-7H,1-4H3/t19-,21+,25+;16-,18+,22+;10-,11+,15+;/m000./s1. The average molecular weight is 1780 g/mol. The van der Waals surface area contributed by atoms with Crippen LogP contribution in [-0.4, -0.2) is 104 Å². The van der Waals surface area contributed by atoms with Gasteiger partial charge in [0.1, 0.15) is 45.6 Å². The molecule has 614 valence electrons. The Morgan fingerprint density at radius 3 is 1.12 bits per heavy atom. The molecule has 6 bridgehead atoms. The Morgan fingerprint density at radius 1 is 0.470 bits per heavy atom. The zero-order valence-corrected chi connectivity index (χ0v) is 72.1. The van der Waals surface area contributed by atoms with E-state index >= 15 is 0 Å². The summed E-state index contributed by atoms with van der Waals surface area (Å²) in [5.41, 5.74) is 10.6. The number of amides is 3. The first-order valence-electron chi connectivity index (χ1n) is 39.5. The number of anilines is 2. The highest BCUT2D eigenvalue weighted by Crippen LogP contribution is 2.52. The zero-order valence-electron chi connectivity index (χ0n) is 66.0. The summed E-state index contributed by atoms with van der Waals surface area (Å²) < 4.78 is 47.9. The monoisotopic (exact) mass is 1770 g/mol. The van der Waals surface area contributed by atoms with Crippen LogP contribution in [0.4, 0.5) is 11.4 Å². The molecular formula is C89H89BrCl6N6O15. The topological polar surface area (TPSA) is 265 Å². The van der Waals surface area contributed by atoms with Gasteiger partial charge in [0, 0.05) is 85.1 Å². The van der Waals surface area contributed by atoms with Crippen LogP contribution in [0.3, 0.4) is 0 Å². The van der Waals surface area contributed by atoms with Crippen LogP contribution in [-0.2, 0) is 57.9 Å². The molecule has 3 aliphatic heterocycles. The smallest absolute Gasteiger partial charge is 0.338 e. The van der Waals surface area contributed by atoms with Gasteiger partial charge < -0.3 is 57.5 Å². The molecule has 117 heavy (non-hydrogen) atoms. The summed E-state index contributed by atoms with van der Waals surface area (Å²) in [4.78, 5) is 78.1. The first kappa shape index (κ1) is 83.9. The van der Waals surface area contributed by atoms with Crippen molar-refractivity contribution < 1.29 is 71.1 Å². The zero-order chi connectivity index (χ0) is 83.0. The molecule has 9 atom stereocenters. The lowest BCUT2D eigenvalue weighted by atomic mass is 10.0. The lowest BCUT2D eigenvalue weighted by Gasteiger charge is -2.32. The number of carboxylic acid groups (broad SMARTS) is 1. The highest BCUT2D eigenvalue weighted by molar-refractivity contribution is 9.10. The fourth-order valence-electron chi connectivity index (χ4n) is 16.8. The van der Waals surface area contributed by atoms with Crippen LogP contribution in [0, 0.1) is 38.5 Å². The van der Waals surface area contributed by atoms with Gasteiger partial charge in [0.25, 0.3) is 0 Å². The molecule has 18 rings (SSSR count). The van der Waals surface area contributed by atoms with Crippen molar-refractivity contribution in [1.29, 1.82) is 0 Å². The van der Waals surface area contributed by atoms with E-state index in [1.165, 1.54) is 0 Å². The number of hydrogen-bond donors (Lipinski definition) is 2. The van der Waals surface area contributed by atoms with E-state index in [1.54, 1.807) is 96.8 Å². The SMILES string of the molecule is Cc1cc(Br)ccc1C(=O)OC(C)(C)C.Cc1cc(N2C(=O)[C@@H]3C[C@H]2C[C@H]3OCc2c(-c3c(Cl)cccc3Cl)noc2C2CC2)ccc1C(=O)O.Cc1cc(N2C(=O)[C@@H]3C[C@H]2C[C@H]3OCc2c(-c3c(Cl)cccc3Cl)noc2C2CC2)ccc1C(=O)OC(C)(C)C.O=C1N[C@@H]2C[C@@H](OCc3c(-c4c(Cl)cccc4Cl)noc3C3CC3)[C@H]1C2. The van der Waals surface area contributed by atoms with Gasteiger partial charge in [-0.2, -0.15) is 0 Å². The van der Waals surface area contributed by atoms with Crippen molar-refractivity contribution in [3.05, 3.63) is 211 Å². The predicted molar refractivity (Wildman–Crippen MR) is 449 cm³/mol. The van der Waals surface area contributed by atoms with Gasteiger partial charge in [-0.3, -0.25) is 14.4 Å². The minimum absolute atomic E-state index is 0.0147. The van der Waals surface area contributed by atoms with Crippen molar-refractivity contribution in [3.63, 3.8) is 0 Å². The second-order valence-electron chi connectivity index (χ2n) is 33.7. The van der Waals surface area contributed by atoms with Crippen LogP contribution >= 0.6 is 85.5 Å². The Hall–Kier alpha value is -8.13. The summed E-state index contributed by atoms with van der Waals surface area (Å²) >= 11 is 42.0. The molecule has 3 amide bonds. The van der Waals surface area contributed by atoms with Crippen LogP contribution < -0.4 is 15.1 Å². The molecule has 9 fully saturated rings. The van der Waals surface area contributed by atoms with Gasteiger partial charge in [0.2, 0.25) is 17.7 Å². The minimum atomic E-state index is -0.974. The lowest BCUT2D eigenvalue weighted by molar-refractivity contribution is -0.129. The summed E-state index contributed by atoms with van der Waals surface area (Å²) in [5, 5.41) is 28.3. The molecule has 9 aliphatic rings. The summed E-state index contributed by atoms with van der Waals surface area (Å²) in [5.74, 6) is 1.57. The van der Waals surface area contributed by atoms with Crippen LogP contribution in [0.1, 0.15) is 218 Å². The van der Waals surface area contributed by atoms with E-state index in [-0.39, 0.29) is 103 Å². The van der Waals surface area contributed by atoms with Crippen LogP contribution in [0.2, 0.25) is 30.1 Å². The van der Waals surface area contributed by atoms with Gasteiger partial charge in [0.05, 0.1) is 103 Å². The Balaban J connectivity index is 0.000000128. The van der Waals surface area contributed by atoms with Crippen molar-refractivity contribution in [2.45, 2.75) is 225 Å². The van der Waals surface area contributed by atoms with Crippen molar-refractivity contribution in [2.75, 3.05) is 9.80 Å². The van der Waals surface area contributed by atoms with Gasteiger partial charge in [-0.15, -0.1) is 0 Å². The number of nitrogens with zero attached hydrogens (tertiary/aromatic N) is 5. The average Bonchev–Trinajstić information content (AvgIpc) is 1.61. The maximum Gasteiger partial charge on any atom is 0.338 e. The summed E-state index contributed by atoms with van der Waals surface area (Å²) in [6, 6.07) is 32.4. The van der Waals surface area contributed by atoms with Gasteiger partial charge >= 0.3 is 17.9 Å². The number of fused-ring (bicyclic) bond motifs is 6. The predicted octanol–water partition coefficient (Wildman–Crippen LogP) is 21.8. The lowest BCUT2D eigenvalue weighted by Crippen LogP contribution is -2.43. The molecule has 3 saturated heterocycles. The van der Waals surface area contributed by atoms with Crippen molar-refractivity contribution in [1.82, 2.24) is 20.8 Å². The van der Waals surface area contributed by atoms with Gasteiger partial charge in [-0.05, 0) is 247 Å². The van der Waals surface area contributed by atoms with E-state index in [1.807, 2.05) is 84.6 Å². The first-order valence-corrected chi connectivity index (χ1v) is 42.6. The number of hydrogen-bond acceptors (Lipinski definition) is 17. The number of aromatic carboxylic acids is 1. The molecule has 0 unspecified atom stereocenters. The van der Waals surface area contributed by atoms with Crippen molar-refractivity contribution in [3.8, 4) is 33.8 Å². The van der Waals surface area contributed by atoms with E-state index in [2.05, 4.69) is 36.7 Å². The molecule has 6 aliphatic carbocycles. The highest BCUT2D eigenvalue weighted by atomic mass is 79.9. The Labute approximate surface area is 716 Å². The largest absolute Gasteiger partial charge is 0.478 e.